The number of aliphatic hydroxyl groups excluding tert-OH is 1. The highest BCUT2D eigenvalue weighted by atomic mass is 16.5. The van der Waals surface area contributed by atoms with E-state index in [9.17, 15) is 14.7 Å². The van der Waals surface area contributed by atoms with Gasteiger partial charge in [0, 0.05) is 13.1 Å². The van der Waals surface area contributed by atoms with Crippen LogP contribution in [0.15, 0.2) is 30.3 Å². The fraction of sp³-hybridized carbons (Fsp3) is 0.619. The van der Waals surface area contributed by atoms with E-state index in [1.165, 1.54) is 6.42 Å². The Hall–Kier alpha value is -1.92. The van der Waals surface area contributed by atoms with Crippen LogP contribution in [0.4, 0.5) is 0 Å². The summed E-state index contributed by atoms with van der Waals surface area (Å²) in [6.45, 7) is 1.52. The molecule has 0 unspecified atom stereocenters. The van der Waals surface area contributed by atoms with Crippen molar-refractivity contribution in [3.05, 3.63) is 35.9 Å². The maximum absolute atomic E-state index is 12.4. The molecule has 0 saturated carbocycles. The van der Waals surface area contributed by atoms with Gasteiger partial charge in [-0.25, -0.2) is 0 Å². The van der Waals surface area contributed by atoms with Crippen LogP contribution in [0.1, 0.15) is 44.1 Å². The fourth-order valence-electron chi connectivity index (χ4n) is 3.95. The van der Waals surface area contributed by atoms with Crippen molar-refractivity contribution in [2.45, 2.75) is 63.2 Å². The van der Waals surface area contributed by atoms with Gasteiger partial charge in [-0.05, 0) is 37.7 Å². The monoisotopic (exact) mass is 374 g/mol. The molecule has 2 N–H and O–H groups in total. The molecular weight excluding hydrogens is 344 g/mol. The summed E-state index contributed by atoms with van der Waals surface area (Å²) in [4.78, 5) is 26.7. The largest absolute Gasteiger partial charge is 0.394 e. The van der Waals surface area contributed by atoms with Crippen molar-refractivity contribution in [2.75, 3.05) is 19.7 Å². The van der Waals surface area contributed by atoms with E-state index in [-0.39, 0.29) is 30.6 Å². The van der Waals surface area contributed by atoms with Gasteiger partial charge < -0.3 is 20.1 Å². The highest BCUT2D eigenvalue weighted by molar-refractivity contribution is 5.79. The van der Waals surface area contributed by atoms with Gasteiger partial charge in [-0.3, -0.25) is 9.59 Å². The number of hydrogen-bond donors (Lipinski definition) is 2. The maximum Gasteiger partial charge on any atom is 0.225 e. The lowest BCUT2D eigenvalue weighted by Gasteiger charge is -2.37. The molecule has 0 spiro atoms. The van der Waals surface area contributed by atoms with Crippen LogP contribution in [0.2, 0.25) is 0 Å². The van der Waals surface area contributed by atoms with Gasteiger partial charge in [0.1, 0.15) is 6.10 Å². The first-order chi connectivity index (χ1) is 13.2. The zero-order chi connectivity index (χ0) is 19.1. The van der Waals surface area contributed by atoms with E-state index in [1.807, 2.05) is 35.2 Å². The molecule has 6 nitrogen and oxygen atoms in total. The van der Waals surface area contributed by atoms with E-state index in [2.05, 4.69) is 5.32 Å². The highest BCUT2D eigenvalue weighted by Crippen LogP contribution is 2.23. The van der Waals surface area contributed by atoms with Gasteiger partial charge >= 0.3 is 0 Å². The third-order valence-corrected chi connectivity index (χ3v) is 5.46. The Bertz CT molecular complexity index is 616. The van der Waals surface area contributed by atoms with E-state index in [1.54, 1.807) is 0 Å². The summed E-state index contributed by atoms with van der Waals surface area (Å²) < 4.78 is 5.95. The molecule has 0 bridgehead atoms. The number of carbonyl (C=O) groups is 2. The SMILES string of the molecule is O=C(Cc1ccccc1)N[C@H]1CC[C@@H](CC(=O)N2CCCCC2)O[C@H]1CO. The fourth-order valence-corrected chi connectivity index (χ4v) is 3.95. The number of nitrogens with one attached hydrogen (secondary N) is 1. The van der Waals surface area contributed by atoms with E-state index in [0.29, 0.717) is 25.7 Å². The number of likely N-dealkylation sites (tertiary alicyclic amines) is 1. The highest BCUT2D eigenvalue weighted by Gasteiger charge is 2.33. The second-order valence-electron chi connectivity index (χ2n) is 7.54. The van der Waals surface area contributed by atoms with Gasteiger partial charge in [0.25, 0.3) is 0 Å². The molecule has 2 aliphatic heterocycles. The first kappa shape index (κ1) is 19.8. The molecule has 1 aromatic carbocycles. The Morgan fingerprint density at radius 3 is 2.56 bits per heavy atom. The summed E-state index contributed by atoms with van der Waals surface area (Å²) in [6, 6.07) is 9.36. The molecule has 3 rings (SSSR count). The summed E-state index contributed by atoms with van der Waals surface area (Å²) in [7, 11) is 0. The molecule has 27 heavy (non-hydrogen) atoms. The van der Waals surface area contributed by atoms with E-state index in [0.717, 1.165) is 31.5 Å². The molecule has 0 aliphatic carbocycles. The Labute approximate surface area is 160 Å². The van der Waals surface area contributed by atoms with Gasteiger partial charge in [0.2, 0.25) is 11.8 Å². The second kappa shape index (κ2) is 9.85. The average Bonchev–Trinajstić information content (AvgIpc) is 2.70. The number of piperidine rings is 1. The van der Waals surface area contributed by atoms with Crippen molar-refractivity contribution in [2.24, 2.45) is 0 Å². The third kappa shape index (κ3) is 5.78. The van der Waals surface area contributed by atoms with E-state index >= 15 is 0 Å². The summed E-state index contributed by atoms with van der Waals surface area (Å²) >= 11 is 0. The lowest BCUT2D eigenvalue weighted by Crippen LogP contribution is -2.52. The molecule has 1 aromatic rings. The van der Waals surface area contributed by atoms with Crippen LogP contribution in [0, 0.1) is 0 Å². The van der Waals surface area contributed by atoms with Crippen LogP contribution in [0.5, 0.6) is 0 Å². The first-order valence-corrected chi connectivity index (χ1v) is 10.0. The average molecular weight is 374 g/mol. The van der Waals surface area contributed by atoms with Gasteiger partial charge in [-0.1, -0.05) is 30.3 Å². The Kier molecular flexibility index (Phi) is 7.24. The zero-order valence-corrected chi connectivity index (χ0v) is 15.8. The normalized spacial score (nSPS) is 25.8. The Balaban J connectivity index is 1.47. The number of rotatable bonds is 6. The van der Waals surface area contributed by atoms with Crippen LogP contribution in [0.3, 0.4) is 0 Å². The number of amides is 2. The minimum absolute atomic E-state index is 0.0731. The van der Waals surface area contributed by atoms with Crippen LogP contribution in [-0.4, -0.2) is 59.8 Å². The molecule has 6 heteroatoms. The lowest BCUT2D eigenvalue weighted by molar-refractivity contribution is -0.143. The summed E-state index contributed by atoms with van der Waals surface area (Å²) in [6.07, 6.45) is 4.80. The molecule has 0 aromatic heterocycles. The van der Waals surface area contributed by atoms with Crippen LogP contribution < -0.4 is 5.32 Å². The Morgan fingerprint density at radius 2 is 1.85 bits per heavy atom. The van der Waals surface area contributed by atoms with Crippen molar-refractivity contribution < 1.29 is 19.4 Å². The van der Waals surface area contributed by atoms with Crippen molar-refractivity contribution >= 4 is 11.8 Å². The van der Waals surface area contributed by atoms with Crippen LogP contribution in [-0.2, 0) is 20.7 Å². The number of nitrogens with zero attached hydrogens (tertiary/aromatic N) is 1. The van der Waals surface area contributed by atoms with Crippen LogP contribution in [0.25, 0.3) is 0 Å². The molecule has 2 amide bonds. The molecule has 2 fully saturated rings. The van der Waals surface area contributed by atoms with Gasteiger partial charge in [-0.2, -0.15) is 0 Å². The topological polar surface area (TPSA) is 78.9 Å². The maximum atomic E-state index is 12.4. The minimum Gasteiger partial charge on any atom is -0.394 e. The summed E-state index contributed by atoms with van der Waals surface area (Å²) in [5.74, 6) is 0.0686. The lowest BCUT2D eigenvalue weighted by atomic mass is 9.96. The van der Waals surface area contributed by atoms with Crippen LogP contribution >= 0.6 is 0 Å². The molecule has 2 heterocycles. The van der Waals surface area contributed by atoms with Crippen molar-refractivity contribution in [3.8, 4) is 0 Å². The van der Waals surface area contributed by atoms with E-state index in [4.69, 9.17) is 4.74 Å². The zero-order valence-electron chi connectivity index (χ0n) is 15.8. The minimum atomic E-state index is -0.461. The molecule has 2 saturated heterocycles. The number of ether oxygens (including phenoxy) is 1. The van der Waals surface area contributed by atoms with Gasteiger partial charge in [0.05, 0.1) is 31.6 Å². The predicted molar refractivity (Wildman–Crippen MR) is 102 cm³/mol. The smallest absolute Gasteiger partial charge is 0.225 e. The van der Waals surface area contributed by atoms with E-state index < -0.39 is 6.10 Å². The molecular formula is C21H30N2O4. The van der Waals surface area contributed by atoms with Gasteiger partial charge in [-0.15, -0.1) is 0 Å². The third-order valence-electron chi connectivity index (χ3n) is 5.46. The first-order valence-electron chi connectivity index (χ1n) is 10.0. The number of hydrogen-bond acceptors (Lipinski definition) is 4. The molecule has 2 aliphatic rings. The predicted octanol–water partition coefficient (Wildman–Crippen LogP) is 1.66. The van der Waals surface area contributed by atoms with Crippen molar-refractivity contribution in [3.63, 3.8) is 0 Å². The molecule has 3 atom stereocenters. The summed E-state index contributed by atoms with van der Waals surface area (Å²) in [5.41, 5.74) is 0.956. The number of carbonyl (C=O) groups excluding carboxylic acids is 2. The van der Waals surface area contributed by atoms with Crippen molar-refractivity contribution in [1.29, 1.82) is 0 Å². The Morgan fingerprint density at radius 1 is 1.11 bits per heavy atom. The molecule has 148 valence electrons. The van der Waals surface area contributed by atoms with Crippen molar-refractivity contribution in [1.82, 2.24) is 10.2 Å². The number of benzene rings is 1. The quantitative estimate of drug-likeness (QED) is 0.794. The second-order valence-corrected chi connectivity index (χ2v) is 7.54. The molecule has 0 radical (unpaired) electrons. The van der Waals surface area contributed by atoms with Gasteiger partial charge in [0.15, 0.2) is 0 Å². The number of aliphatic hydroxyl groups is 1. The summed E-state index contributed by atoms with van der Waals surface area (Å²) in [5, 5.41) is 12.7. The standard InChI is InChI=1S/C21H30N2O4/c24-15-19-18(22-20(25)13-16-7-3-1-4-8-16)10-9-17(27-19)14-21(26)23-11-5-2-6-12-23/h1,3-4,7-8,17-19,24H,2,5-6,9-15H2,(H,22,25)/t17-,18-,19-/m0/s1.